The number of hydrogen-bond donors (Lipinski definition) is 1. The molecule has 2 atom stereocenters. The molecule has 0 bridgehead atoms. The highest BCUT2D eigenvalue weighted by Gasteiger charge is 2.43. The van der Waals surface area contributed by atoms with Crippen LogP contribution < -0.4 is 5.32 Å². The van der Waals surface area contributed by atoms with E-state index in [0.717, 1.165) is 38.8 Å². The predicted octanol–water partition coefficient (Wildman–Crippen LogP) is 2.15. The van der Waals surface area contributed by atoms with Gasteiger partial charge in [0, 0.05) is 19.6 Å². The molecule has 0 aromatic heterocycles. The monoisotopic (exact) mass is 275 g/mol. The van der Waals surface area contributed by atoms with E-state index in [1.807, 2.05) is 4.90 Å². The molecular formula is C13H20F3N3. The van der Waals surface area contributed by atoms with Crippen LogP contribution in [0.25, 0.3) is 0 Å². The summed E-state index contributed by atoms with van der Waals surface area (Å²) in [4.78, 5) is 1.83. The summed E-state index contributed by atoms with van der Waals surface area (Å²) in [6.07, 6.45) is -0.226. The van der Waals surface area contributed by atoms with E-state index in [9.17, 15) is 13.2 Å². The third kappa shape index (κ3) is 3.61. The maximum atomic E-state index is 12.6. The lowest BCUT2D eigenvalue weighted by atomic mass is 9.74. The van der Waals surface area contributed by atoms with Crippen molar-refractivity contribution in [3.8, 4) is 6.07 Å². The lowest BCUT2D eigenvalue weighted by Crippen LogP contribution is -2.52. The molecule has 0 aromatic carbocycles. The van der Waals surface area contributed by atoms with E-state index >= 15 is 0 Å². The van der Waals surface area contributed by atoms with Gasteiger partial charge in [-0.05, 0) is 44.2 Å². The summed E-state index contributed by atoms with van der Waals surface area (Å²) in [5.74, 6) is -1.86. The van der Waals surface area contributed by atoms with E-state index < -0.39 is 12.1 Å². The lowest BCUT2D eigenvalue weighted by Gasteiger charge is -2.45. The molecular weight excluding hydrogens is 255 g/mol. The molecule has 6 heteroatoms. The second kappa shape index (κ2) is 5.68. The molecule has 2 unspecified atom stereocenters. The third-order valence-corrected chi connectivity index (χ3v) is 4.29. The van der Waals surface area contributed by atoms with Crippen LogP contribution in [0.5, 0.6) is 0 Å². The van der Waals surface area contributed by atoms with E-state index in [1.54, 1.807) is 0 Å². The number of piperidine rings is 2. The number of halogens is 3. The van der Waals surface area contributed by atoms with Crippen molar-refractivity contribution in [1.82, 2.24) is 10.2 Å². The minimum absolute atomic E-state index is 0.127. The SMILES string of the molecule is N#CC(CN1CCCC2(CCCNC2)C1)C(F)(F)F. The van der Waals surface area contributed by atoms with Gasteiger partial charge in [0.25, 0.3) is 0 Å². The molecule has 0 saturated carbocycles. The van der Waals surface area contributed by atoms with Crippen LogP contribution >= 0.6 is 0 Å². The van der Waals surface area contributed by atoms with Gasteiger partial charge in [-0.15, -0.1) is 0 Å². The summed E-state index contributed by atoms with van der Waals surface area (Å²) in [7, 11) is 0. The average molecular weight is 275 g/mol. The van der Waals surface area contributed by atoms with Crippen molar-refractivity contribution >= 4 is 0 Å². The fourth-order valence-corrected chi connectivity index (χ4v) is 3.32. The quantitative estimate of drug-likeness (QED) is 0.839. The highest BCUT2D eigenvalue weighted by atomic mass is 19.4. The summed E-state index contributed by atoms with van der Waals surface area (Å²) in [5, 5.41) is 12.0. The molecule has 2 aliphatic rings. The van der Waals surface area contributed by atoms with E-state index in [4.69, 9.17) is 5.26 Å². The zero-order chi connectivity index (χ0) is 13.9. The maximum absolute atomic E-state index is 12.6. The molecule has 2 saturated heterocycles. The van der Waals surface area contributed by atoms with Gasteiger partial charge in [-0.25, -0.2) is 0 Å². The maximum Gasteiger partial charge on any atom is 0.405 e. The van der Waals surface area contributed by atoms with Crippen molar-refractivity contribution < 1.29 is 13.2 Å². The molecule has 0 aliphatic carbocycles. The van der Waals surface area contributed by atoms with Crippen LogP contribution in [0.2, 0.25) is 0 Å². The van der Waals surface area contributed by atoms with Crippen molar-refractivity contribution in [2.75, 3.05) is 32.7 Å². The first-order valence-corrected chi connectivity index (χ1v) is 6.85. The van der Waals surface area contributed by atoms with Crippen LogP contribution in [0.4, 0.5) is 13.2 Å². The highest BCUT2D eigenvalue weighted by Crippen LogP contribution is 2.37. The van der Waals surface area contributed by atoms with Crippen molar-refractivity contribution in [2.45, 2.75) is 31.9 Å². The van der Waals surface area contributed by atoms with Crippen molar-refractivity contribution in [3.05, 3.63) is 0 Å². The van der Waals surface area contributed by atoms with Crippen molar-refractivity contribution in [1.29, 1.82) is 5.26 Å². The predicted molar refractivity (Wildman–Crippen MR) is 65.4 cm³/mol. The second-order valence-corrected chi connectivity index (χ2v) is 5.84. The van der Waals surface area contributed by atoms with Crippen LogP contribution in [0.1, 0.15) is 25.7 Å². The Morgan fingerprint density at radius 3 is 2.63 bits per heavy atom. The fraction of sp³-hybridized carbons (Fsp3) is 0.923. The zero-order valence-electron chi connectivity index (χ0n) is 11.0. The van der Waals surface area contributed by atoms with Crippen LogP contribution in [0, 0.1) is 22.7 Å². The van der Waals surface area contributed by atoms with E-state index in [2.05, 4.69) is 5.32 Å². The van der Waals surface area contributed by atoms with Crippen LogP contribution in [-0.4, -0.2) is 43.8 Å². The molecule has 1 N–H and O–H groups in total. The molecule has 1 spiro atoms. The minimum atomic E-state index is -4.41. The van der Waals surface area contributed by atoms with Gasteiger partial charge in [0.05, 0.1) is 6.07 Å². The Morgan fingerprint density at radius 1 is 1.32 bits per heavy atom. The largest absolute Gasteiger partial charge is 0.405 e. The molecule has 2 rings (SSSR count). The zero-order valence-corrected chi connectivity index (χ0v) is 11.0. The Balaban J connectivity index is 1.96. The standard InChI is InChI=1S/C13H20F3N3/c14-13(15,16)11(7-17)8-19-6-2-4-12(10-19)3-1-5-18-9-12/h11,18H,1-6,8-10H2. The Kier molecular flexibility index (Phi) is 4.36. The van der Waals surface area contributed by atoms with Crippen LogP contribution in [0.15, 0.2) is 0 Å². The van der Waals surface area contributed by atoms with Crippen molar-refractivity contribution in [3.63, 3.8) is 0 Å². The van der Waals surface area contributed by atoms with E-state index in [-0.39, 0.29) is 12.0 Å². The Hall–Kier alpha value is -0.800. The minimum Gasteiger partial charge on any atom is -0.316 e. The first-order chi connectivity index (χ1) is 8.95. The Labute approximate surface area is 111 Å². The molecule has 0 amide bonds. The molecule has 0 aromatic rings. The first-order valence-electron chi connectivity index (χ1n) is 6.85. The number of hydrogen-bond acceptors (Lipinski definition) is 3. The van der Waals surface area contributed by atoms with E-state index in [1.165, 1.54) is 6.07 Å². The molecule has 0 radical (unpaired) electrons. The molecule has 3 nitrogen and oxygen atoms in total. The number of nitriles is 1. The van der Waals surface area contributed by atoms with Crippen LogP contribution in [0.3, 0.4) is 0 Å². The second-order valence-electron chi connectivity index (χ2n) is 5.84. The third-order valence-electron chi connectivity index (χ3n) is 4.29. The van der Waals surface area contributed by atoms with Gasteiger partial charge in [0.15, 0.2) is 5.92 Å². The first kappa shape index (κ1) is 14.6. The molecule has 2 fully saturated rings. The number of alkyl halides is 3. The van der Waals surface area contributed by atoms with Gasteiger partial charge in [0.1, 0.15) is 0 Å². The Bertz CT molecular complexity index is 337. The number of nitrogens with one attached hydrogen (secondary N) is 1. The highest BCUT2D eigenvalue weighted by molar-refractivity contribution is 4.95. The van der Waals surface area contributed by atoms with Gasteiger partial charge in [-0.1, -0.05) is 0 Å². The molecule has 19 heavy (non-hydrogen) atoms. The lowest BCUT2D eigenvalue weighted by molar-refractivity contribution is -0.165. The molecule has 2 aliphatic heterocycles. The van der Waals surface area contributed by atoms with Gasteiger partial charge in [0.2, 0.25) is 0 Å². The topological polar surface area (TPSA) is 39.1 Å². The van der Waals surface area contributed by atoms with Gasteiger partial charge in [-0.2, -0.15) is 18.4 Å². The van der Waals surface area contributed by atoms with Crippen LogP contribution in [-0.2, 0) is 0 Å². The van der Waals surface area contributed by atoms with Gasteiger partial charge in [-0.3, -0.25) is 0 Å². The fourth-order valence-electron chi connectivity index (χ4n) is 3.32. The Morgan fingerprint density at radius 2 is 2.05 bits per heavy atom. The van der Waals surface area contributed by atoms with E-state index in [0.29, 0.717) is 13.1 Å². The summed E-state index contributed by atoms with van der Waals surface area (Å²) in [5.41, 5.74) is 0.127. The summed E-state index contributed by atoms with van der Waals surface area (Å²) in [6.45, 7) is 3.09. The number of rotatable bonds is 2. The summed E-state index contributed by atoms with van der Waals surface area (Å²) < 4.78 is 37.9. The molecule has 2 heterocycles. The summed E-state index contributed by atoms with van der Waals surface area (Å²) >= 11 is 0. The van der Waals surface area contributed by atoms with Crippen molar-refractivity contribution in [2.24, 2.45) is 11.3 Å². The average Bonchev–Trinajstić information content (AvgIpc) is 2.35. The van der Waals surface area contributed by atoms with Gasteiger partial charge >= 0.3 is 6.18 Å². The number of likely N-dealkylation sites (tertiary alicyclic amines) is 1. The number of nitrogens with zero attached hydrogens (tertiary/aromatic N) is 2. The summed E-state index contributed by atoms with van der Waals surface area (Å²) in [6, 6.07) is 1.40. The van der Waals surface area contributed by atoms with Gasteiger partial charge < -0.3 is 10.2 Å². The smallest absolute Gasteiger partial charge is 0.316 e. The molecule has 108 valence electrons. The normalized spacial score (nSPS) is 31.1.